The molecule has 0 radical (unpaired) electrons. The molecule has 1 atom stereocenters. The lowest BCUT2D eigenvalue weighted by Gasteiger charge is -2.17. The summed E-state index contributed by atoms with van der Waals surface area (Å²) in [6.45, 7) is 6.18. The van der Waals surface area contributed by atoms with Crippen LogP contribution in [0.5, 0.6) is 5.75 Å². The minimum Gasteiger partial charge on any atom is -0.488 e. The summed E-state index contributed by atoms with van der Waals surface area (Å²) >= 11 is 5.55. The molecule has 1 rings (SSSR count). The number of hydrogen-bond donors (Lipinski definition) is 0. The lowest BCUT2D eigenvalue weighted by molar-refractivity contribution is 0.185. The van der Waals surface area contributed by atoms with Crippen molar-refractivity contribution in [2.45, 2.75) is 39.7 Å². The van der Waals surface area contributed by atoms with E-state index in [0.29, 0.717) is 18.2 Å². The van der Waals surface area contributed by atoms with Gasteiger partial charge in [0, 0.05) is 17.9 Å². The second-order valence-corrected chi connectivity index (χ2v) is 5.32. The molecule has 0 aliphatic rings. The van der Waals surface area contributed by atoms with Gasteiger partial charge in [0.25, 0.3) is 0 Å². The first-order chi connectivity index (χ1) is 9.02. The maximum Gasteiger partial charge on any atom is 0.165 e. The molecule has 1 aromatic rings. The zero-order chi connectivity index (χ0) is 14.3. The predicted octanol–water partition coefficient (Wildman–Crippen LogP) is 4.62. The Balaban J connectivity index is 2.77. The largest absolute Gasteiger partial charge is 0.488 e. The van der Waals surface area contributed by atoms with E-state index in [1.165, 1.54) is 6.07 Å². The lowest BCUT2D eigenvalue weighted by Crippen LogP contribution is -2.15. The van der Waals surface area contributed by atoms with Gasteiger partial charge in [-0.15, -0.1) is 11.6 Å². The van der Waals surface area contributed by atoms with Crippen molar-refractivity contribution in [2.24, 2.45) is 5.92 Å². The van der Waals surface area contributed by atoms with Gasteiger partial charge in [-0.3, -0.25) is 0 Å². The number of rotatable bonds is 5. The molecule has 0 amide bonds. The summed E-state index contributed by atoms with van der Waals surface area (Å²) in [7, 11) is 0. The fourth-order valence-corrected chi connectivity index (χ4v) is 1.91. The summed E-state index contributed by atoms with van der Waals surface area (Å²) in [4.78, 5) is 0. The quantitative estimate of drug-likeness (QED) is 0.566. The van der Waals surface area contributed by atoms with Gasteiger partial charge in [0.2, 0.25) is 0 Å². The summed E-state index contributed by atoms with van der Waals surface area (Å²) < 4.78 is 19.3. The van der Waals surface area contributed by atoms with E-state index in [1.54, 1.807) is 12.1 Å². The van der Waals surface area contributed by atoms with Gasteiger partial charge in [-0.2, -0.15) is 0 Å². The molecule has 0 aliphatic carbocycles. The van der Waals surface area contributed by atoms with Gasteiger partial charge in [-0.1, -0.05) is 25.7 Å². The fraction of sp³-hybridized carbons (Fsp3) is 0.500. The average Bonchev–Trinajstić information content (AvgIpc) is 2.32. The Morgan fingerprint density at radius 3 is 2.68 bits per heavy atom. The Morgan fingerprint density at radius 1 is 1.32 bits per heavy atom. The SMILES string of the molecule is CC(C)CC(C)Oc1cc(C#CCCCl)ccc1F. The molecule has 1 aromatic carbocycles. The van der Waals surface area contributed by atoms with Crippen molar-refractivity contribution in [3.05, 3.63) is 29.6 Å². The van der Waals surface area contributed by atoms with Crippen LogP contribution < -0.4 is 4.74 Å². The Bertz CT molecular complexity index is 460. The van der Waals surface area contributed by atoms with Gasteiger partial charge in [0.1, 0.15) is 0 Å². The standard InChI is InChI=1S/C16H20ClFO/c1-12(2)10-13(3)19-16-11-14(6-4-5-9-17)7-8-15(16)18/h7-8,11-13H,5,9-10H2,1-3H3. The monoisotopic (exact) mass is 282 g/mol. The third-order valence-electron chi connectivity index (χ3n) is 2.51. The highest BCUT2D eigenvalue weighted by molar-refractivity contribution is 6.18. The Hall–Kier alpha value is -1.20. The van der Waals surface area contributed by atoms with Gasteiger partial charge >= 0.3 is 0 Å². The second kappa shape index (κ2) is 8.07. The Kier molecular flexibility index (Phi) is 6.73. The van der Waals surface area contributed by atoms with Gasteiger partial charge in [-0.05, 0) is 37.5 Å². The van der Waals surface area contributed by atoms with Crippen LogP contribution in [0.2, 0.25) is 0 Å². The van der Waals surface area contributed by atoms with Crippen LogP contribution in [0, 0.1) is 23.6 Å². The van der Waals surface area contributed by atoms with Gasteiger partial charge in [0.15, 0.2) is 11.6 Å². The van der Waals surface area contributed by atoms with Crippen LogP contribution in [-0.4, -0.2) is 12.0 Å². The predicted molar refractivity (Wildman–Crippen MR) is 78.2 cm³/mol. The smallest absolute Gasteiger partial charge is 0.165 e. The summed E-state index contributed by atoms with van der Waals surface area (Å²) in [5.74, 6) is 6.81. The molecule has 0 bridgehead atoms. The third-order valence-corrected chi connectivity index (χ3v) is 2.70. The summed E-state index contributed by atoms with van der Waals surface area (Å²) in [5, 5.41) is 0. The maximum atomic E-state index is 13.7. The third kappa shape index (κ3) is 5.98. The number of hydrogen-bond acceptors (Lipinski definition) is 1. The van der Waals surface area contributed by atoms with E-state index >= 15 is 0 Å². The minimum absolute atomic E-state index is 0.0134. The van der Waals surface area contributed by atoms with Crippen molar-refractivity contribution in [3.8, 4) is 17.6 Å². The zero-order valence-electron chi connectivity index (χ0n) is 11.7. The molecular weight excluding hydrogens is 263 g/mol. The van der Waals surface area contributed by atoms with Gasteiger partial charge < -0.3 is 4.74 Å². The molecule has 1 unspecified atom stereocenters. The van der Waals surface area contributed by atoms with Crippen molar-refractivity contribution in [1.29, 1.82) is 0 Å². The van der Waals surface area contributed by atoms with Crippen molar-refractivity contribution >= 4 is 11.6 Å². The van der Waals surface area contributed by atoms with E-state index in [9.17, 15) is 4.39 Å². The van der Waals surface area contributed by atoms with Crippen LogP contribution >= 0.6 is 11.6 Å². The highest BCUT2D eigenvalue weighted by atomic mass is 35.5. The van der Waals surface area contributed by atoms with E-state index in [4.69, 9.17) is 16.3 Å². The highest BCUT2D eigenvalue weighted by Gasteiger charge is 2.10. The number of halogens is 2. The number of benzene rings is 1. The fourth-order valence-electron chi connectivity index (χ4n) is 1.81. The molecule has 0 saturated heterocycles. The first-order valence-corrected chi connectivity index (χ1v) is 7.07. The molecule has 3 heteroatoms. The van der Waals surface area contributed by atoms with E-state index < -0.39 is 0 Å². The van der Waals surface area contributed by atoms with Crippen molar-refractivity contribution in [2.75, 3.05) is 5.88 Å². The van der Waals surface area contributed by atoms with Crippen molar-refractivity contribution in [1.82, 2.24) is 0 Å². The molecular formula is C16H20ClFO. The van der Waals surface area contributed by atoms with Crippen LogP contribution in [0.4, 0.5) is 4.39 Å². The molecule has 0 N–H and O–H groups in total. The van der Waals surface area contributed by atoms with E-state index in [-0.39, 0.29) is 17.7 Å². The molecule has 0 fully saturated rings. The van der Waals surface area contributed by atoms with Crippen LogP contribution in [0.15, 0.2) is 18.2 Å². The summed E-state index contributed by atoms with van der Waals surface area (Å²) in [6.07, 6.45) is 1.50. The molecule has 1 nitrogen and oxygen atoms in total. The first-order valence-electron chi connectivity index (χ1n) is 6.54. The van der Waals surface area contributed by atoms with E-state index in [0.717, 1.165) is 12.0 Å². The molecule has 0 heterocycles. The van der Waals surface area contributed by atoms with Crippen molar-refractivity contribution < 1.29 is 9.13 Å². The number of alkyl halides is 1. The molecule has 19 heavy (non-hydrogen) atoms. The number of ether oxygens (including phenoxy) is 1. The average molecular weight is 283 g/mol. The summed E-state index contributed by atoms with van der Waals surface area (Å²) in [6, 6.07) is 4.69. The topological polar surface area (TPSA) is 9.23 Å². The van der Waals surface area contributed by atoms with Crippen LogP contribution in [0.3, 0.4) is 0 Å². The second-order valence-electron chi connectivity index (χ2n) is 4.94. The molecule has 0 spiro atoms. The molecule has 104 valence electrons. The maximum absolute atomic E-state index is 13.7. The van der Waals surface area contributed by atoms with Crippen LogP contribution in [0.25, 0.3) is 0 Å². The minimum atomic E-state index is -0.349. The van der Waals surface area contributed by atoms with E-state index in [2.05, 4.69) is 25.7 Å². The van der Waals surface area contributed by atoms with Gasteiger partial charge in [0.05, 0.1) is 6.10 Å². The van der Waals surface area contributed by atoms with Gasteiger partial charge in [-0.25, -0.2) is 4.39 Å². The van der Waals surface area contributed by atoms with Crippen LogP contribution in [0.1, 0.15) is 39.2 Å². The molecule has 0 aromatic heterocycles. The van der Waals surface area contributed by atoms with Crippen molar-refractivity contribution in [3.63, 3.8) is 0 Å². The Labute approximate surface area is 120 Å². The van der Waals surface area contributed by atoms with Crippen LogP contribution in [-0.2, 0) is 0 Å². The molecule has 0 saturated carbocycles. The Morgan fingerprint density at radius 2 is 2.05 bits per heavy atom. The zero-order valence-corrected chi connectivity index (χ0v) is 12.4. The normalized spacial score (nSPS) is 11.9. The summed E-state index contributed by atoms with van der Waals surface area (Å²) in [5.41, 5.74) is 0.748. The lowest BCUT2D eigenvalue weighted by atomic mass is 10.1. The first kappa shape index (κ1) is 15.9. The molecule has 0 aliphatic heterocycles. The van der Waals surface area contributed by atoms with E-state index in [1.807, 2.05) is 6.92 Å². The highest BCUT2D eigenvalue weighted by Crippen LogP contribution is 2.21.